The van der Waals surface area contributed by atoms with Crippen LogP contribution >= 0.6 is 0 Å². The van der Waals surface area contributed by atoms with Crippen LogP contribution in [-0.4, -0.2) is 63.6 Å². The number of benzene rings is 1. The van der Waals surface area contributed by atoms with Gasteiger partial charge in [-0.1, -0.05) is 26.0 Å². The quantitative estimate of drug-likeness (QED) is 0.342. The first kappa shape index (κ1) is 30.4. The van der Waals surface area contributed by atoms with Gasteiger partial charge >= 0.3 is 5.97 Å². The van der Waals surface area contributed by atoms with Crippen LogP contribution in [0.15, 0.2) is 35.9 Å². The van der Waals surface area contributed by atoms with E-state index in [0.717, 1.165) is 31.2 Å². The molecule has 9 heteroatoms. The van der Waals surface area contributed by atoms with Crippen molar-refractivity contribution in [3.8, 4) is 5.75 Å². The molecule has 0 spiro atoms. The summed E-state index contributed by atoms with van der Waals surface area (Å²) in [6.45, 7) is 6.11. The average molecular weight is 582 g/mol. The molecular weight excluding hydrogens is 538 g/mol. The van der Waals surface area contributed by atoms with Crippen LogP contribution in [-0.2, 0) is 30.3 Å². The minimum absolute atomic E-state index is 0.0230. The van der Waals surface area contributed by atoms with Gasteiger partial charge in [-0.05, 0) is 98.0 Å². The number of carbonyl (C=O) groups excluding carboxylic acids is 4. The van der Waals surface area contributed by atoms with Crippen molar-refractivity contribution in [1.29, 1.82) is 0 Å². The third-order valence-electron chi connectivity index (χ3n) is 11.2. The van der Waals surface area contributed by atoms with Gasteiger partial charge in [0.1, 0.15) is 23.7 Å². The smallest absolute Gasteiger partial charge is 0.306 e. The number of ketones is 2. The lowest BCUT2D eigenvalue weighted by Crippen LogP contribution is -2.62. The highest BCUT2D eigenvalue weighted by atomic mass is 16.5. The second-order valence-corrected chi connectivity index (χ2v) is 13.3. The zero-order valence-electron chi connectivity index (χ0n) is 24.7. The van der Waals surface area contributed by atoms with Crippen LogP contribution in [0.4, 0.5) is 0 Å². The highest BCUT2D eigenvalue weighted by Crippen LogP contribution is 2.67. The van der Waals surface area contributed by atoms with Gasteiger partial charge in [-0.2, -0.15) is 0 Å². The molecule has 4 N–H and O–H groups in total. The topological polar surface area (TPSA) is 150 Å². The molecule has 0 aromatic heterocycles. The maximum absolute atomic E-state index is 13.0. The zero-order valence-corrected chi connectivity index (χ0v) is 24.7. The highest BCUT2D eigenvalue weighted by molar-refractivity contribution is 5.96. The van der Waals surface area contributed by atoms with E-state index >= 15 is 0 Å². The fourth-order valence-corrected chi connectivity index (χ4v) is 8.97. The summed E-state index contributed by atoms with van der Waals surface area (Å²) in [6.07, 6.45) is 1.89. The van der Waals surface area contributed by atoms with Crippen LogP contribution in [0, 0.1) is 34.5 Å². The molecule has 228 valence electrons. The number of ether oxygens (including phenoxy) is 1. The van der Waals surface area contributed by atoms with Crippen LogP contribution < -0.4 is 5.32 Å². The van der Waals surface area contributed by atoms with Gasteiger partial charge in [-0.25, -0.2) is 0 Å². The molecule has 5 rings (SSSR count). The van der Waals surface area contributed by atoms with E-state index in [9.17, 15) is 34.5 Å². The number of hydrogen-bond acceptors (Lipinski definition) is 8. The number of rotatable bonds is 8. The Labute approximate surface area is 246 Å². The molecule has 1 amide bonds. The van der Waals surface area contributed by atoms with Gasteiger partial charge in [0.2, 0.25) is 5.91 Å². The molecule has 9 nitrogen and oxygen atoms in total. The van der Waals surface area contributed by atoms with Crippen molar-refractivity contribution in [2.45, 2.75) is 90.4 Å². The molecule has 0 aliphatic heterocycles. The highest BCUT2D eigenvalue weighted by Gasteiger charge is 2.64. The monoisotopic (exact) mass is 581 g/mol. The Morgan fingerprint density at radius 3 is 2.43 bits per heavy atom. The molecule has 1 aromatic rings. The molecular formula is C33H43NO8. The standard InChI is InChI=1S/C33H43NO8/c1-18(35)22-8-9-23-21-16-27(42-29(39)11-10-28(38)34-15-13-19-4-6-20(36)7-5-19)25-17-26(37)30(40)31(41)33(25,3)24(21)12-14-32(22,23)2/h4-7,17,21-24,27,30-31,36,40-41H,8-16H2,1-3H3,(H,34,38)/t21?,22-,23?,24?,27+,30?,31?,32-,33-/m1/s1. The van der Waals surface area contributed by atoms with Crippen LogP contribution in [0.2, 0.25) is 0 Å². The summed E-state index contributed by atoms with van der Waals surface area (Å²) in [5.74, 6) is -0.869. The number of hydrogen-bond donors (Lipinski definition) is 4. The number of aliphatic hydroxyl groups excluding tert-OH is 2. The maximum Gasteiger partial charge on any atom is 0.306 e. The van der Waals surface area contributed by atoms with Crippen molar-refractivity contribution in [2.24, 2.45) is 34.5 Å². The van der Waals surface area contributed by atoms with Gasteiger partial charge in [0.05, 0.1) is 12.5 Å². The Bertz CT molecular complexity index is 1270. The molecule has 3 saturated carbocycles. The lowest BCUT2D eigenvalue weighted by Gasteiger charge is -2.60. The predicted molar refractivity (Wildman–Crippen MR) is 153 cm³/mol. The Hall–Kier alpha value is -3.04. The van der Waals surface area contributed by atoms with Crippen molar-refractivity contribution < 1.29 is 39.2 Å². The summed E-state index contributed by atoms with van der Waals surface area (Å²) in [7, 11) is 0. The average Bonchev–Trinajstić information content (AvgIpc) is 3.31. The summed E-state index contributed by atoms with van der Waals surface area (Å²) in [5.41, 5.74) is 0.376. The Morgan fingerprint density at radius 1 is 1.02 bits per heavy atom. The normalized spacial score (nSPS) is 37.1. The predicted octanol–water partition coefficient (Wildman–Crippen LogP) is 3.03. The number of carbonyl (C=O) groups is 4. The lowest BCUT2D eigenvalue weighted by atomic mass is 9.45. The van der Waals surface area contributed by atoms with Crippen LogP contribution in [0.1, 0.15) is 71.3 Å². The van der Waals surface area contributed by atoms with Crippen molar-refractivity contribution >= 4 is 23.4 Å². The number of aliphatic hydroxyl groups is 2. The summed E-state index contributed by atoms with van der Waals surface area (Å²) < 4.78 is 5.98. The van der Waals surface area contributed by atoms with Crippen molar-refractivity contribution in [1.82, 2.24) is 5.32 Å². The first-order valence-electron chi connectivity index (χ1n) is 15.2. The molecule has 9 atom stereocenters. The molecule has 42 heavy (non-hydrogen) atoms. The molecule has 4 aliphatic rings. The number of Topliss-reactive ketones (excluding diaryl/α,β-unsaturated/α-hetero) is 1. The van der Waals surface area contributed by atoms with Crippen LogP contribution in [0.25, 0.3) is 0 Å². The lowest BCUT2D eigenvalue weighted by molar-refractivity contribution is -0.172. The van der Waals surface area contributed by atoms with Crippen LogP contribution in [0.3, 0.4) is 0 Å². The summed E-state index contributed by atoms with van der Waals surface area (Å²) in [4.78, 5) is 50.7. The van der Waals surface area contributed by atoms with Gasteiger partial charge in [0.25, 0.3) is 0 Å². The Morgan fingerprint density at radius 2 is 1.74 bits per heavy atom. The molecule has 0 radical (unpaired) electrons. The number of esters is 1. The van der Waals surface area contributed by atoms with Crippen molar-refractivity contribution in [3.63, 3.8) is 0 Å². The first-order valence-corrected chi connectivity index (χ1v) is 15.2. The number of aromatic hydroxyl groups is 1. The summed E-state index contributed by atoms with van der Waals surface area (Å²) in [6, 6.07) is 6.73. The van der Waals surface area contributed by atoms with Gasteiger partial charge in [-0.3, -0.25) is 19.2 Å². The Balaban J connectivity index is 1.28. The first-order chi connectivity index (χ1) is 19.9. The third kappa shape index (κ3) is 5.30. The van der Waals surface area contributed by atoms with E-state index in [2.05, 4.69) is 12.2 Å². The second-order valence-electron chi connectivity index (χ2n) is 13.3. The maximum atomic E-state index is 13.0. The van der Waals surface area contributed by atoms with Gasteiger partial charge in [0, 0.05) is 24.3 Å². The van der Waals surface area contributed by atoms with E-state index in [1.54, 1.807) is 31.2 Å². The SMILES string of the molecule is CC(=O)[C@H]1CCC2C3C[C@H](OC(=O)CCC(=O)NCCc4ccc(O)cc4)C4=CC(=O)C(O)C(O)[C@]4(C)C3CC[C@@]21C. The summed E-state index contributed by atoms with van der Waals surface area (Å²) in [5, 5.41) is 34.1. The van der Waals surface area contributed by atoms with E-state index in [0.29, 0.717) is 25.0 Å². The van der Waals surface area contributed by atoms with Crippen molar-refractivity contribution in [2.75, 3.05) is 6.54 Å². The van der Waals surface area contributed by atoms with E-state index < -0.39 is 35.5 Å². The largest absolute Gasteiger partial charge is 0.508 e. The number of fused-ring (bicyclic) bond motifs is 5. The fraction of sp³-hybridized carbons (Fsp3) is 0.636. The number of phenolic OH excluding ortho intramolecular Hbond substituents is 1. The van der Waals surface area contributed by atoms with E-state index in [1.807, 2.05) is 6.92 Å². The molecule has 0 saturated heterocycles. The Kier molecular flexibility index (Phi) is 8.38. The van der Waals surface area contributed by atoms with Crippen LogP contribution in [0.5, 0.6) is 5.75 Å². The van der Waals surface area contributed by atoms with Gasteiger partial charge in [0.15, 0.2) is 5.78 Å². The third-order valence-corrected chi connectivity index (χ3v) is 11.2. The minimum Gasteiger partial charge on any atom is -0.508 e. The summed E-state index contributed by atoms with van der Waals surface area (Å²) >= 11 is 0. The van der Waals surface area contributed by atoms with Gasteiger partial charge < -0.3 is 25.4 Å². The van der Waals surface area contributed by atoms with Gasteiger partial charge in [-0.15, -0.1) is 0 Å². The fourth-order valence-electron chi connectivity index (χ4n) is 8.97. The van der Waals surface area contributed by atoms with Crippen molar-refractivity contribution in [3.05, 3.63) is 41.5 Å². The van der Waals surface area contributed by atoms with E-state index in [1.165, 1.54) is 6.08 Å². The van der Waals surface area contributed by atoms with E-state index in [-0.39, 0.29) is 59.4 Å². The number of phenols is 1. The zero-order chi connectivity index (χ0) is 30.4. The minimum atomic E-state index is -1.54. The molecule has 4 aliphatic carbocycles. The second kappa shape index (κ2) is 11.6. The molecule has 1 aromatic carbocycles. The van der Waals surface area contributed by atoms with E-state index in [4.69, 9.17) is 4.74 Å². The number of amides is 1. The molecule has 0 bridgehead atoms. The molecule has 3 fully saturated rings. The number of nitrogens with one attached hydrogen (secondary N) is 1. The molecule has 5 unspecified atom stereocenters. The molecule has 0 heterocycles.